The van der Waals surface area contributed by atoms with E-state index < -0.39 is 0 Å². The number of hydrogen-bond donors (Lipinski definition) is 0. The summed E-state index contributed by atoms with van der Waals surface area (Å²) in [7, 11) is 1.66. The average Bonchev–Trinajstić information content (AvgIpc) is 2.69. The van der Waals surface area contributed by atoms with E-state index in [1.165, 1.54) is 25.9 Å². The molecule has 0 aliphatic carbocycles. The van der Waals surface area contributed by atoms with Crippen LogP contribution in [0.4, 0.5) is 0 Å². The largest absolute Gasteiger partial charge is 0.382 e. The van der Waals surface area contributed by atoms with Crippen LogP contribution >= 0.6 is 0 Å². The van der Waals surface area contributed by atoms with Crippen molar-refractivity contribution in [3.63, 3.8) is 0 Å². The Labute approximate surface area is 86.1 Å². The van der Waals surface area contributed by atoms with E-state index >= 15 is 0 Å². The van der Waals surface area contributed by atoms with Crippen LogP contribution in [0.1, 0.15) is 12.8 Å². The first-order valence-electron chi connectivity index (χ1n) is 5.30. The molecule has 1 aliphatic rings. The average molecular weight is 203 g/mol. The van der Waals surface area contributed by atoms with Gasteiger partial charge in [-0.25, -0.2) is 0 Å². The standard InChI is InChI=1S/C10H21NO3/c1-12-8-9-14-10-13-7-6-11-4-2-3-5-11/h2-10H2,1H3. The summed E-state index contributed by atoms with van der Waals surface area (Å²) in [5.41, 5.74) is 0. The number of nitrogens with zero attached hydrogens (tertiary/aromatic N) is 1. The van der Waals surface area contributed by atoms with Crippen LogP contribution in [0.2, 0.25) is 0 Å². The molecule has 1 heterocycles. The third-order valence-corrected chi connectivity index (χ3v) is 2.35. The monoisotopic (exact) mass is 203 g/mol. The fraction of sp³-hybridized carbons (Fsp3) is 1.00. The van der Waals surface area contributed by atoms with Crippen LogP contribution in [0.5, 0.6) is 0 Å². The van der Waals surface area contributed by atoms with E-state index in [0.717, 1.165) is 13.2 Å². The molecule has 0 saturated carbocycles. The molecule has 0 spiro atoms. The van der Waals surface area contributed by atoms with Crippen molar-refractivity contribution >= 4 is 0 Å². The Morgan fingerprint density at radius 1 is 1.00 bits per heavy atom. The van der Waals surface area contributed by atoms with Gasteiger partial charge < -0.3 is 19.1 Å². The zero-order valence-corrected chi connectivity index (χ0v) is 9.04. The molecule has 1 fully saturated rings. The molecule has 0 radical (unpaired) electrons. The first-order valence-corrected chi connectivity index (χ1v) is 5.30. The van der Waals surface area contributed by atoms with Crippen LogP contribution < -0.4 is 0 Å². The lowest BCUT2D eigenvalue weighted by atomic mass is 10.4. The van der Waals surface area contributed by atoms with E-state index in [4.69, 9.17) is 14.2 Å². The molecule has 1 aliphatic heterocycles. The molecular weight excluding hydrogens is 182 g/mol. The molecule has 0 aromatic heterocycles. The third-order valence-electron chi connectivity index (χ3n) is 2.35. The van der Waals surface area contributed by atoms with Crippen molar-refractivity contribution in [2.24, 2.45) is 0 Å². The summed E-state index contributed by atoms with van der Waals surface area (Å²) < 4.78 is 15.3. The Balaban J connectivity index is 1.75. The van der Waals surface area contributed by atoms with Crippen molar-refractivity contribution in [3.8, 4) is 0 Å². The van der Waals surface area contributed by atoms with Crippen molar-refractivity contribution in [1.29, 1.82) is 0 Å². The molecule has 4 nitrogen and oxygen atoms in total. The van der Waals surface area contributed by atoms with Crippen LogP contribution in [0, 0.1) is 0 Å². The zero-order chi connectivity index (χ0) is 10.1. The van der Waals surface area contributed by atoms with Gasteiger partial charge in [-0.05, 0) is 25.9 Å². The molecule has 1 rings (SSSR count). The van der Waals surface area contributed by atoms with E-state index in [0.29, 0.717) is 20.0 Å². The van der Waals surface area contributed by atoms with Gasteiger partial charge in [0.25, 0.3) is 0 Å². The van der Waals surface area contributed by atoms with Gasteiger partial charge >= 0.3 is 0 Å². The molecule has 84 valence electrons. The Bertz CT molecular complexity index is 127. The summed E-state index contributed by atoms with van der Waals surface area (Å²) in [6, 6.07) is 0. The fourth-order valence-electron chi connectivity index (χ4n) is 1.52. The number of rotatable bonds is 8. The lowest BCUT2D eigenvalue weighted by Gasteiger charge is -2.14. The molecule has 1 saturated heterocycles. The van der Waals surface area contributed by atoms with Gasteiger partial charge in [-0.15, -0.1) is 0 Å². The van der Waals surface area contributed by atoms with E-state index in [1.807, 2.05) is 0 Å². The highest BCUT2D eigenvalue weighted by atomic mass is 16.7. The highest BCUT2D eigenvalue weighted by Crippen LogP contribution is 2.05. The molecule has 14 heavy (non-hydrogen) atoms. The van der Waals surface area contributed by atoms with Crippen molar-refractivity contribution in [2.45, 2.75) is 12.8 Å². The van der Waals surface area contributed by atoms with Crippen molar-refractivity contribution in [1.82, 2.24) is 4.90 Å². The molecule has 0 unspecified atom stereocenters. The summed E-state index contributed by atoms with van der Waals surface area (Å²) in [5.74, 6) is 0. The van der Waals surface area contributed by atoms with E-state index in [9.17, 15) is 0 Å². The molecule has 0 N–H and O–H groups in total. The Morgan fingerprint density at radius 3 is 2.43 bits per heavy atom. The topological polar surface area (TPSA) is 30.9 Å². The summed E-state index contributed by atoms with van der Waals surface area (Å²) in [4.78, 5) is 2.43. The summed E-state index contributed by atoms with van der Waals surface area (Å²) in [6.07, 6.45) is 2.68. The van der Waals surface area contributed by atoms with Gasteiger partial charge in [0.2, 0.25) is 0 Å². The van der Waals surface area contributed by atoms with Gasteiger partial charge in [-0.1, -0.05) is 0 Å². The van der Waals surface area contributed by atoms with Crippen LogP contribution in [0.3, 0.4) is 0 Å². The van der Waals surface area contributed by atoms with Gasteiger partial charge in [0, 0.05) is 13.7 Å². The predicted octanol–water partition coefficient (Wildman–Crippen LogP) is 0.719. The Morgan fingerprint density at radius 2 is 1.71 bits per heavy atom. The minimum absolute atomic E-state index is 0.386. The van der Waals surface area contributed by atoms with Gasteiger partial charge in [0.15, 0.2) is 0 Å². The predicted molar refractivity (Wildman–Crippen MR) is 54.3 cm³/mol. The van der Waals surface area contributed by atoms with Gasteiger partial charge in [0.1, 0.15) is 6.79 Å². The molecule has 0 aromatic carbocycles. The highest BCUT2D eigenvalue weighted by Gasteiger charge is 2.09. The first kappa shape index (κ1) is 11.9. The smallest absolute Gasteiger partial charge is 0.146 e. The maximum Gasteiger partial charge on any atom is 0.146 e. The van der Waals surface area contributed by atoms with Crippen molar-refractivity contribution in [3.05, 3.63) is 0 Å². The number of ether oxygens (including phenoxy) is 3. The van der Waals surface area contributed by atoms with Gasteiger partial charge in [-0.2, -0.15) is 0 Å². The van der Waals surface area contributed by atoms with Crippen LogP contribution in [-0.4, -0.2) is 58.3 Å². The van der Waals surface area contributed by atoms with Crippen LogP contribution in [0.15, 0.2) is 0 Å². The highest BCUT2D eigenvalue weighted by molar-refractivity contribution is 4.64. The molecule has 0 aromatic rings. The second kappa shape index (κ2) is 8.17. The van der Waals surface area contributed by atoms with E-state index in [2.05, 4.69) is 4.90 Å². The summed E-state index contributed by atoms with van der Waals surface area (Å²) in [6.45, 7) is 5.90. The van der Waals surface area contributed by atoms with E-state index in [1.54, 1.807) is 7.11 Å². The molecular formula is C10H21NO3. The van der Waals surface area contributed by atoms with Crippen LogP contribution in [0.25, 0.3) is 0 Å². The Kier molecular flexibility index (Phi) is 6.95. The van der Waals surface area contributed by atoms with Gasteiger partial charge in [0.05, 0.1) is 19.8 Å². The second-order valence-corrected chi connectivity index (χ2v) is 3.48. The number of hydrogen-bond acceptors (Lipinski definition) is 4. The molecule has 0 atom stereocenters. The van der Waals surface area contributed by atoms with E-state index in [-0.39, 0.29) is 0 Å². The van der Waals surface area contributed by atoms with Crippen molar-refractivity contribution < 1.29 is 14.2 Å². The minimum Gasteiger partial charge on any atom is -0.382 e. The number of methoxy groups -OCH3 is 1. The SMILES string of the molecule is COCCOCOCCN1CCCC1. The van der Waals surface area contributed by atoms with Gasteiger partial charge in [-0.3, -0.25) is 0 Å². The summed E-state index contributed by atoms with van der Waals surface area (Å²) >= 11 is 0. The summed E-state index contributed by atoms with van der Waals surface area (Å²) in [5, 5.41) is 0. The first-order chi connectivity index (χ1) is 6.93. The third kappa shape index (κ3) is 5.54. The lowest BCUT2D eigenvalue weighted by molar-refractivity contribution is -0.0686. The normalized spacial score (nSPS) is 17.8. The number of likely N-dealkylation sites (tertiary alicyclic amines) is 1. The van der Waals surface area contributed by atoms with Crippen LogP contribution in [-0.2, 0) is 14.2 Å². The quantitative estimate of drug-likeness (QED) is 0.429. The second-order valence-electron chi connectivity index (χ2n) is 3.48. The molecule has 4 heteroatoms. The fourth-order valence-corrected chi connectivity index (χ4v) is 1.52. The molecule has 0 bridgehead atoms. The maximum absolute atomic E-state index is 5.32. The van der Waals surface area contributed by atoms with Crippen molar-refractivity contribution in [2.75, 3.05) is 53.4 Å². The lowest BCUT2D eigenvalue weighted by Crippen LogP contribution is -2.24. The zero-order valence-electron chi connectivity index (χ0n) is 9.04. The minimum atomic E-state index is 0.386. The Hall–Kier alpha value is -0.160. The molecule has 0 amide bonds. The maximum atomic E-state index is 5.32.